The molecule has 0 bridgehead atoms. The Balaban J connectivity index is 1.52. The van der Waals surface area contributed by atoms with Crippen LogP contribution in [-0.2, 0) is 6.42 Å². The maximum atomic E-state index is 13.3. The van der Waals surface area contributed by atoms with Gasteiger partial charge in [0.05, 0.1) is 17.3 Å². The van der Waals surface area contributed by atoms with Crippen molar-refractivity contribution in [1.29, 1.82) is 0 Å². The normalized spacial score (nSPS) is 16.0. The van der Waals surface area contributed by atoms with Crippen LogP contribution in [0, 0.1) is 13.8 Å². The number of benzene rings is 2. The fourth-order valence-electron chi connectivity index (χ4n) is 4.34. The van der Waals surface area contributed by atoms with E-state index < -0.39 is 0 Å². The topological polar surface area (TPSA) is 88.5 Å². The quantitative estimate of drug-likeness (QED) is 0.563. The van der Waals surface area contributed by atoms with E-state index >= 15 is 0 Å². The molecule has 2 aromatic heterocycles. The van der Waals surface area contributed by atoms with E-state index in [0.717, 1.165) is 47.3 Å². The number of rotatable bonds is 3. The number of carbonyl (C=O) groups is 1. The first kappa shape index (κ1) is 17.6. The molecule has 0 radical (unpaired) electrons. The number of carbonyl (C=O) groups excluding carboxylic acids is 1. The molecule has 0 aliphatic heterocycles. The number of nitrogens with zero attached hydrogens (tertiary/aromatic N) is 4. The summed E-state index contributed by atoms with van der Waals surface area (Å²) in [6, 6.07) is 12.1. The highest BCUT2D eigenvalue weighted by atomic mass is 16.1. The minimum absolute atomic E-state index is 0.0398. The lowest BCUT2D eigenvalue weighted by atomic mass is 9.91. The van der Waals surface area contributed by atoms with E-state index in [2.05, 4.69) is 44.0 Å². The number of hydrogen-bond donors (Lipinski definition) is 2. The van der Waals surface area contributed by atoms with Gasteiger partial charge in [-0.15, -0.1) is 5.10 Å². The molecule has 0 fully saturated rings. The van der Waals surface area contributed by atoms with Crippen molar-refractivity contribution in [2.45, 2.75) is 39.2 Å². The van der Waals surface area contributed by atoms with Gasteiger partial charge in [-0.2, -0.15) is 4.68 Å². The van der Waals surface area contributed by atoms with E-state index in [1.165, 1.54) is 17.3 Å². The van der Waals surface area contributed by atoms with Crippen molar-refractivity contribution < 1.29 is 4.79 Å². The van der Waals surface area contributed by atoms with Gasteiger partial charge in [0.1, 0.15) is 6.33 Å². The number of para-hydroxylation sites is 1. The number of fused-ring (bicyclic) bond motifs is 3. The summed E-state index contributed by atoms with van der Waals surface area (Å²) in [7, 11) is 0. The molecule has 1 amide bonds. The van der Waals surface area contributed by atoms with Crippen LogP contribution in [-0.4, -0.2) is 31.1 Å². The van der Waals surface area contributed by atoms with Crippen LogP contribution in [0.25, 0.3) is 16.6 Å². The Kier molecular flexibility index (Phi) is 4.16. The molecule has 4 aromatic rings. The Hall–Kier alpha value is -3.48. The monoisotopic (exact) mass is 386 g/mol. The summed E-state index contributed by atoms with van der Waals surface area (Å²) in [6.07, 6.45) is 4.52. The van der Waals surface area contributed by atoms with Gasteiger partial charge in [0.2, 0.25) is 0 Å². The summed E-state index contributed by atoms with van der Waals surface area (Å²) >= 11 is 0. The molecule has 2 N–H and O–H groups in total. The number of nitrogens with one attached hydrogen (secondary N) is 2. The van der Waals surface area contributed by atoms with Gasteiger partial charge < -0.3 is 10.3 Å². The number of tetrazole rings is 1. The van der Waals surface area contributed by atoms with Crippen LogP contribution in [0.2, 0.25) is 0 Å². The first-order chi connectivity index (χ1) is 14.1. The Morgan fingerprint density at radius 3 is 2.90 bits per heavy atom. The third-order valence-corrected chi connectivity index (χ3v) is 5.94. The highest BCUT2D eigenvalue weighted by molar-refractivity contribution is 5.99. The number of aromatic nitrogens is 5. The van der Waals surface area contributed by atoms with Crippen LogP contribution in [0.1, 0.15) is 51.6 Å². The zero-order chi connectivity index (χ0) is 20.0. The molecule has 0 spiro atoms. The third kappa shape index (κ3) is 2.90. The molecule has 1 aliphatic carbocycles. The van der Waals surface area contributed by atoms with E-state index in [1.807, 2.05) is 32.0 Å². The molecule has 1 aliphatic rings. The van der Waals surface area contributed by atoms with Crippen LogP contribution in [0.15, 0.2) is 42.7 Å². The van der Waals surface area contributed by atoms with Gasteiger partial charge in [-0.3, -0.25) is 4.79 Å². The molecular formula is C22H22N6O. The molecule has 2 aromatic carbocycles. The van der Waals surface area contributed by atoms with Crippen LogP contribution in [0.5, 0.6) is 0 Å². The van der Waals surface area contributed by atoms with E-state index in [9.17, 15) is 4.79 Å². The fourth-order valence-corrected chi connectivity index (χ4v) is 4.34. The third-order valence-electron chi connectivity index (χ3n) is 5.94. The Labute approximate surface area is 168 Å². The molecule has 2 heterocycles. The first-order valence-electron chi connectivity index (χ1n) is 9.87. The van der Waals surface area contributed by atoms with Crippen molar-refractivity contribution in [1.82, 2.24) is 30.5 Å². The summed E-state index contributed by atoms with van der Waals surface area (Å²) in [4.78, 5) is 16.8. The highest BCUT2D eigenvalue weighted by Gasteiger charge is 2.27. The number of amides is 1. The molecular weight excluding hydrogens is 364 g/mol. The summed E-state index contributed by atoms with van der Waals surface area (Å²) in [5.74, 6) is -0.116. The number of aryl methyl sites for hydroxylation is 2. The fraction of sp³-hybridized carbons (Fsp3) is 0.273. The predicted molar refractivity (Wildman–Crippen MR) is 110 cm³/mol. The van der Waals surface area contributed by atoms with Gasteiger partial charge in [-0.1, -0.05) is 24.3 Å². The van der Waals surface area contributed by atoms with Crippen LogP contribution in [0.3, 0.4) is 0 Å². The average Bonchev–Trinajstić information content (AvgIpc) is 3.38. The Bertz CT molecular complexity index is 1210. The summed E-state index contributed by atoms with van der Waals surface area (Å²) < 4.78 is 1.56. The first-order valence-corrected chi connectivity index (χ1v) is 9.87. The Morgan fingerprint density at radius 1 is 1.21 bits per heavy atom. The zero-order valence-electron chi connectivity index (χ0n) is 16.4. The highest BCUT2D eigenvalue weighted by Crippen LogP contribution is 2.35. The lowest BCUT2D eigenvalue weighted by Gasteiger charge is -2.24. The molecule has 29 heavy (non-hydrogen) atoms. The zero-order valence-corrected chi connectivity index (χ0v) is 16.4. The number of H-pyrrole nitrogens is 1. The van der Waals surface area contributed by atoms with E-state index in [0.29, 0.717) is 5.56 Å². The SMILES string of the molecule is Cc1ccc(C(=O)N[C@@H]2CCCc3c2[nH]c2ccccc32)c(-n2cnnn2)c1C. The van der Waals surface area contributed by atoms with E-state index in [1.54, 1.807) is 4.68 Å². The van der Waals surface area contributed by atoms with Crippen molar-refractivity contribution in [3.05, 3.63) is 70.7 Å². The second kappa shape index (κ2) is 6.84. The minimum Gasteiger partial charge on any atom is -0.356 e. The lowest BCUT2D eigenvalue weighted by Crippen LogP contribution is -2.32. The van der Waals surface area contributed by atoms with E-state index in [-0.39, 0.29) is 11.9 Å². The van der Waals surface area contributed by atoms with Crippen molar-refractivity contribution in [3.8, 4) is 5.69 Å². The van der Waals surface area contributed by atoms with E-state index in [4.69, 9.17) is 0 Å². The molecule has 1 atom stereocenters. The number of aromatic amines is 1. The molecule has 0 unspecified atom stereocenters. The molecule has 5 rings (SSSR count). The summed E-state index contributed by atoms with van der Waals surface area (Å²) in [6.45, 7) is 4.00. The second-order valence-electron chi connectivity index (χ2n) is 7.64. The van der Waals surface area contributed by atoms with Crippen LogP contribution in [0.4, 0.5) is 0 Å². The molecule has 7 nitrogen and oxygen atoms in total. The van der Waals surface area contributed by atoms with Gasteiger partial charge in [0.15, 0.2) is 0 Å². The summed E-state index contributed by atoms with van der Waals surface area (Å²) in [5, 5.41) is 16.0. The maximum Gasteiger partial charge on any atom is 0.254 e. The lowest BCUT2D eigenvalue weighted by molar-refractivity contribution is 0.0931. The number of hydrogen-bond acceptors (Lipinski definition) is 4. The smallest absolute Gasteiger partial charge is 0.254 e. The van der Waals surface area contributed by atoms with Gasteiger partial charge in [0.25, 0.3) is 5.91 Å². The summed E-state index contributed by atoms with van der Waals surface area (Å²) in [5.41, 5.74) is 6.93. The van der Waals surface area contributed by atoms with Gasteiger partial charge in [0, 0.05) is 16.6 Å². The minimum atomic E-state index is -0.116. The molecule has 0 saturated carbocycles. The van der Waals surface area contributed by atoms with Gasteiger partial charge in [-0.05, 0) is 72.4 Å². The molecule has 7 heteroatoms. The Morgan fingerprint density at radius 2 is 2.07 bits per heavy atom. The average molecular weight is 386 g/mol. The van der Waals surface area contributed by atoms with Gasteiger partial charge >= 0.3 is 0 Å². The standard InChI is InChI=1S/C22H22N6O/c1-13-10-11-17(21(14(13)2)28-12-23-26-27-28)22(29)25-19-9-5-7-16-15-6-3-4-8-18(15)24-20(16)19/h3-4,6,8,10-12,19,24H,5,7,9H2,1-2H3,(H,25,29)/t19-/m1/s1. The predicted octanol–water partition coefficient (Wildman–Crippen LogP) is 3.57. The second-order valence-corrected chi connectivity index (χ2v) is 7.64. The van der Waals surface area contributed by atoms with Crippen molar-refractivity contribution in [3.63, 3.8) is 0 Å². The van der Waals surface area contributed by atoms with Crippen molar-refractivity contribution >= 4 is 16.8 Å². The van der Waals surface area contributed by atoms with Crippen molar-refractivity contribution in [2.24, 2.45) is 0 Å². The van der Waals surface area contributed by atoms with Crippen LogP contribution >= 0.6 is 0 Å². The largest absolute Gasteiger partial charge is 0.356 e. The van der Waals surface area contributed by atoms with Gasteiger partial charge in [-0.25, -0.2) is 0 Å². The van der Waals surface area contributed by atoms with Crippen LogP contribution < -0.4 is 5.32 Å². The molecule has 146 valence electrons. The maximum absolute atomic E-state index is 13.3. The molecule has 0 saturated heterocycles. The van der Waals surface area contributed by atoms with Crippen molar-refractivity contribution in [2.75, 3.05) is 0 Å².